The lowest BCUT2D eigenvalue weighted by Crippen LogP contribution is -2.29. The van der Waals surface area contributed by atoms with Gasteiger partial charge < -0.3 is 10.6 Å². The predicted octanol–water partition coefficient (Wildman–Crippen LogP) is 1.61. The number of thioether (sulfide) groups is 1. The molecule has 1 aromatic rings. The second-order valence-corrected chi connectivity index (χ2v) is 5.27. The molecule has 0 spiro atoms. The molecule has 2 heterocycles. The van der Waals surface area contributed by atoms with Gasteiger partial charge in [0.25, 0.3) is 5.91 Å². The fourth-order valence-corrected chi connectivity index (χ4v) is 3.07. The lowest BCUT2D eigenvalue weighted by molar-refractivity contribution is 0.0943. The molecule has 1 saturated heterocycles. The molecule has 92 valence electrons. The number of rotatable bonds is 4. The van der Waals surface area contributed by atoms with Crippen LogP contribution < -0.4 is 10.6 Å². The first-order valence-electron chi connectivity index (χ1n) is 5.79. The lowest BCUT2D eigenvalue weighted by atomic mass is 10.1. The summed E-state index contributed by atoms with van der Waals surface area (Å²) in [6.45, 7) is 0.761. The van der Waals surface area contributed by atoms with E-state index in [0.29, 0.717) is 11.6 Å². The van der Waals surface area contributed by atoms with E-state index < -0.39 is 0 Å². The van der Waals surface area contributed by atoms with E-state index in [1.807, 2.05) is 24.9 Å². The molecule has 2 N–H and O–H groups in total. The van der Waals surface area contributed by atoms with Gasteiger partial charge in [-0.15, -0.1) is 0 Å². The highest BCUT2D eigenvalue weighted by molar-refractivity contribution is 7.99. The van der Waals surface area contributed by atoms with Gasteiger partial charge in [0.2, 0.25) is 0 Å². The van der Waals surface area contributed by atoms with Crippen LogP contribution in [-0.2, 0) is 0 Å². The Labute approximate surface area is 106 Å². The van der Waals surface area contributed by atoms with Crippen molar-refractivity contribution < 1.29 is 4.79 Å². The third-order valence-electron chi connectivity index (χ3n) is 2.86. The fourth-order valence-electron chi connectivity index (χ4n) is 1.78. The number of anilines is 1. The molecule has 2 rings (SSSR count). The van der Waals surface area contributed by atoms with Crippen LogP contribution in [0.15, 0.2) is 18.3 Å². The lowest BCUT2D eigenvalue weighted by Gasteiger charge is -2.10. The van der Waals surface area contributed by atoms with Crippen LogP contribution in [0.25, 0.3) is 0 Å². The van der Waals surface area contributed by atoms with Crippen LogP contribution in [0.4, 0.5) is 5.69 Å². The minimum atomic E-state index is -0.0843. The normalized spacial score (nSPS) is 19.0. The number of amides is 1. The monoisotopic (exact) mass is 251 g/mol. The molecule has 1 aliphatic heterocycles. The van der Waals surface area contributed by atoms with Gasteiger partial charge in [-0.3, -0.25) is 9.78 Å². The van der Waals surface area contributed by atoms with E-state index in [0.717, 1.165) is 18.0 Å². The molecule has 17 heavy (non-hydrogen) atoms. The molecule has 1 unspecified atom stereocenters. The van der Waals surface area contributed by atoms with Crippen LogP contribution in [0.3, 0.4) is 0 Å². The summed E-state index contributed by atoms with van der Waals surface area (Å²) in [5.74, 6) is 2.91. The minimum Gasteiger partial charge on any atom is -0.388 e. The molecule has 0 aromatic carbocycles. The Morgan fingerprint density at radius 1 is 1.65 bits per heavy atom. The summed E-state index contributed by atoms with van der Waals surface area (Å²) < 4.78 is 0. The van der Waals surface area contributed by atoms with Gasteiger partial charge >= 0.3 is 0 Å². The summed E-state index contributed by atoms with van der Waals surface area (Å²) in [4.78, 5) is 15.9. The van der Waals surface area contributed by atoms with Crippen molar-refractivity contribution in [1.29, 1.82) is 0 Å². The zero-order valence-corrected chi connectivity index (χ0v) is 10.7. The summed E-state index contributed by atoms with van der Waals surface area (Å²) in [6, 6.07) is 3.60. The zero-order chi connectivity index (χ0) is 12.1. The smallest absolute Gasteiger partial charge is 0.269 e. The molecule has 0 bridgehead atoms. The average Bonchev–Trinajstić information content (AvgIpc) is 2.89. The first-order valence-corrected chi connectivity index (χ1v) is 6.95. The van der Waals surface area contributed by atoms with Crippen LogP contribution in [0.1, 0.15) is 16.9 Å². The summed E-state index contributed by atoms with van der Waals surface area (Å²) in [5, 5.41) is 5.95. The summed E-state index contributed by atoms with van der Waals surface area (Å²) in [7, 11) is 1.83. The Hall–Kier alpha value is -1.23. The maximum Gasteiger partial charge on any atom is 0.269 e. The summed E-state index contributed by atoms with van der Waals surface area (Å²) >= 11 is 1.96. The standard InChI is InChI=1S/C12H17N3OS/c1-13-10-2-4-14-11(6-10)12(16)15-7-9-3-5-17-8-9/h2,4,6,9H,3,5,7-8H2,1H3,(H,13,14)(H,15,16). The van der Waals surface area contributed by atoms with Gasteiger partial charge in [-0.05, 0) is 36.0 Å². The second-order valence-electron chi connectivity index (χ2n) is 4.12. The van der Waals surface area contributed by atoms with Crippen molar-refractivity contribution in [3.05, 3.63) is 24.0 Å². The van der Waals surface area contributed by atoms with Crippen molar-refractivity contribution in [2.24, 2.45) is 5.92 Å². The Morgan fingerprint density at radius 3 is 3.24 bits per heavy atom. The summed E-state index contributed by atoms with van der Waals surface area (Å²) in [6.07, 6.45) is 2.85. The first-order chi connectivity index (χ1) is 8.29. The summed E-state index contributed by atoms with van der Waals surface area (Å²) in [5.41, 5.74) is 1.38. The molecular formula is C12H17N3OS. The number of hydrogen-bond donors (Lipinski definition) is 2. The number of carbonyl (C=O) groups excluding carboxylic acids is 1. The molecule has 1 fully saturated rings. The van der Waals surface area contributed by atoms with Crippen LogP contribution in [-0.4, -0.2) is 36.0 Å². The molecule has 0 saturated carbocycles. The maximum atomic E-state index is 11.9. The van der Waals surface area contributed by atoms with Crippen LogP contribution in [0.5, 0.6) is 0 Å². The molecular weight excluding hydrogens is 234 g/mol. The molecule has 1 atom stereocenters. The Balaban J connectivity index is 1.89. The van der Waals surface area contributed by atoms with E-state index in [-0.39, 0.29) is 5.91 Å². The number of carbonyl (C=O) groups is 1. The third kappa shape index (κ3) is 3.36. The second kappa shape index (κ2) is 5.91. The van der Waals surface area contributed by atoms with Gasteiger partial charge in [0.1, 0.15) is 5.69 Å². The number of aromatic nitrogens is 1. The largest absolute Gasteiger partial charge is 0.388 e. The van der Waals surface area contributed by atoms with Crippen LogP contribution >= 0.6 is 11.8 Å². The van der Waals surface area contributed by atoms with Gasteiger partial charge in [0.05, 0.1) is 0 Å². The van der Waals surface area contributed by atoms with E-state index in [1.54, 1.807) is 12.3 Å². The number of nitrogens with zero attached hydrogens (tertiary/aromatic N) is 1. The first kappa shape index (κ1) is 12.2. The van der Waals surface area contributed by atoms with Crippen LogP contribution in [0.2, 0.25) is 0 Å². The highest BCUT2D eigenvalue weighted by Crippen LogP contribution is 2.22. The average molecular weight is 251 g/mol. The molecule has 5 heteroatoms. The van der Waals surface area contributed by atoms with Crippen molar-refractivity contribution in [3.8, 4) is 0 Å². The highest BCUT2D eigenvalue weighted by atomic mass is 32.2. The molecule has 1 amide bonds. The zero-order valence-electron chi connectivity index (χ0n) is 9.90. The van der Waals surface area contributed by atoms with Gasteiger partial charge in [-0.25, -0.2) is 0 Å². The Bertz CT molecular complexity index is 391. The molecule has 1 aliphatic rings. The molecule has 0 aliphatic carbocycles. The van der Waals surface area contributed by atoms with Crippen molar-refractivity contribution in [3.63, 3.8) is 0 Å². The van der Waals surface area contributed by atoms with Crippen molar-refractivity contribution in [1.82, 2.24) is 10.3 Å². The Morgan fingerprint density at radius 2 is 2.53 bits per heavy atom. The van der Waals surface area contributed by atoms with Gasteiger partial charge in [-0.1, -0.05) is 0 Å². The van der Waals surface area contributed by atoms with Crippen LogP contribution in [0, 0.1) is 5.92 Å². The third-order valence-corrected chi connectivity index (χ3v) is 4.09. The SMILES string of the molecule is CNc1ccnc(C(=O)NCC2CCSC2)c1. The highest BCUT2D eigenvalue weighted by Gasteiger charge is 2.17. The maximum absolute atomic E-state index is 11.9. The van der Waals surface area contributed by atoms with Crippen molar-refractivity contribution in [2.45, 2.75) is 6.42 Å². The number of hydrogen-bond acceptors (Lipinski definition) is 4. The fraction of sp³-hybridized carbons (Fsp3) is 0.500. The van der Waals surface area contributed by atoms with E-state index in [2.05, 4.69) is 15.6 Å². The number of pyridine rings is 1. The number of nitrogens with one attached hydrogen (secondary N) is 2. The van der Waals surface area contributed by atoms with E-state index in [1.165, 1.54) is 12.2 Å². The van der Waals surface area contributed by atoms with E-state index in [4.69, 9.17) is 0 Å². The van der Waals surface area contributed by atoms with Gasteiger partial charge in [0, 0.05) is 25.5 Å². The quantitative estimate of drug-likeness (QED) is 0.853. The molecule has 0 radical (unpaired) electrons. The minimum absolute atomic E-state index is 0.0843. The topological polar surface area (TPSA) is 54.0 Å². The van der Waals surface area contributed by atoms with Gasteiger partial charge in [-0.2, -0.15) is 11.8 Å². The van der Waals surface area contributed by atoms with E-state index >= 15 is 0 Å². The molecule has 4 nitrogen and oxygen atoms in total. The van der Waals surface area contributed by atoms with E-state index in [9.17, 15) is 4.79 Å². The van der Waals surface area contributed by atoms with Gasteiger partial charge in [0.15, 0.2) is 0 Å². The van der Waals surface area contributed by atoms with Crippen molar-refractivity contribution in [2.75, 3.05) is 30.4 Å². The van der Waals surface area contributed by atoms with Crippen molar-refractivity contribution >= 4 is 23.4 Å². The Kier molecular flexibility index (Phi) is 4.25. The predicted molar refractivity (Wildman–Crippen MR) is 71.5 cm³/mol. The molecule has 1 aromatic heterocycles.